The number of rotatable bonds is 17. The van der Waals surface area contributed by atoms with Gasteiger partial charge < -0.3 is 9.47 Å². The molecule has 0 saturated heterocycles. The second-order valence-corrected chi connectivity index (χ2v) is 7.24. The lowest BCUT2D eigenvalue weighted by Gasteiger charge is -2.27. The van der Waals surface area contributed by atoms with E-state index in [1.54, 1.807) is 0 Å². The Balaban J connectivity index is 4.21. The molecule has 0 bridgehead atoms. The second kappa shape index (κ2) is 16.1. The van der Waals surface area contributed by atoms with Gasteiger partial charge in [0.1, 0.15) is 0 Å². The van der Waals surface area contributed by atoms with Crippen molar-refractivity contribution in [2.24, 2.45) is 5.41 Å². The highest BCUT2D eigenvalue weighted by molar-refractivity contribution is 5.99. The lowest BCUT2D eigenvalue weighted by Crippen LogP contribution is -2.41. The molecule has 0 spiro atoms. The minimum absolute atomic E-state index is 0.394. The van der Waals surface area contributed by atoms with E-state index in [1.807, 2.05) is 13.8 Å². The van der Waals surface area contributed by atoms with E-state index < -0.39 is 17.4 Å². The van der Waals surface area contributed by atoms with Gasteiger partial charge in [-0.05, 0) is 25.7 Å². The molecule has 0 aliphatic carbocycles. The van der Waals surface area contributed by atoms with Crippen LogP contribution in [0, 0.1) is 5.41 Å². The largest absolute Gasteiger partial charge is 0.465 e. The summed E-state index contributed by atoms with van der Waals surface area (Å²) in [5, 5.41) is 0. The van der Waals surface area contributed by atoms with E-state index in [0.29, 0.717) is 26.1 Å². The van der Waals surface area contributed by atoms with Gasteiger partial charge in [0.15, 0.2) is 5.41 Å². The molecule has 0 aromatic heterocycles. The molecular weight excluding hydrogens is 328 g/mol. The van der Waals surface area contributed by atoms with E-state index in [1.165, 1.54) is 32.1 Å². The average Bonchev–Trinajstić information content (AvgIpc) is 2.65. The van der Waals surface area contributed by atoms with Crippen LogP contribution in [0.25, 0.3) is 0 Å². The highest BCUT2D eigenvalue weighted by Gasteiger charge is 2.45. The Morgan fingerprint density at radius 2 is 0.923 bits per heavy atom. The molecule has 0 saturated carbocycles. The Morgan fingerprint density at radius 3 is 1.31 bits per heavy atom. The van der Waals surface area contributed by atoms with Crippen LogP contribution in [-0.2, 0) is 19.1 Å². The number of carbonyl (C=O) groups excluding carboxylic acids is 2. The van der Waals surface area contributed by atoms with Gasteiger partial charge in [-0.15, -0.1) is 0 Å². The van der Waals surface area contributed by atoms with Gasteiger partial charge in [-0.1, -0.05) is 85.5 Å². The smallest absolute Gasteiger partial charge is 0.323 e. The van der Waals surface area contributed by atoms with Crippen molar-refractivity contribution in [3.63, 3.8) is 0 Å². The normalized spacial score (nSPS) is 11.4. The summed E-state index contributed by atoms with van der Waals surface area (Å²) in [6.07, 6.45) is 13.3. The summed E-state index contributed by atoms with van der Waals surface area (Å²) in [4.78, 5) is 25.1. The summed E-state index contributed by atoms with van der Waals surface area (Å²) in [6.45, 7) is 8.87. The number of hydrogen-bond donors (Lipinski definition) is 0. The van der Waals surface area contributed by atoms with E-state index in [0.717, 1.165) is 38.5 Å². The van der Waals surface area contributed by atoms with Gasteiger partial charge in [0, 0.05) is 0 Å². The Bertz CT molecular complexity index is 361. The quantitative estimate of drug-likeness (QED) is 0.173. The molecule has 0 N–H and O–H groups in total. The minimum atomic E-state index is -1.13. The van der Waals surface area contributed by atoms with Crippen molar-refractivity contribution in [1.29, 1.82) is 0 Å². The van der Waals surface area contributed by atoms with Crippen LogP contribution in [-0.4, -0.2) is 25.2 Å². The zero-order valence-corrected chi connectivity index (χ0v) is 17.7. The molecule has 0 amide bonds. The van der Waals surface area contributed by atoms with E-state index in [2.05, 4.69) is 13.8 Å². The van der Waals surface area contributed by atoms with Crippen molar-refractivity contribution in [3.8, 4) is 0 Å². The highest BCUT2D eigenvalue weighted by Crippen LogP contribution is 2.30. The summed E-state index contributed by atoms with van der Waals surface area (Å²) in [6, 6.07) is 0. The van der Waals surface area contributed by atoms with Gasteiger partial charge in [0.25, 0.3) is 0 Å². The standard InChI is InChI=1S/C22H42O4/c1-5-9-11-13-14-15-17-19-26-21(24)22(7-3,8-4)20(23)25-18-16-12-10-6-2/h5-19H2,1-4H3. The van der Waals surface area contributed by atoms with E-state index in [9.17, 15) is 9.59 Å². The fraction of sp³-hybridized carbons (Fsp3) is 0.909. The molecule has 0 rings (SSSR count). The van der Waals surface area contributed by atoms with Gasteiger partial charge in [-0.2, -0.15) is 0 Å². The zero-order valence-electron chi connectivity index (χ0n) is 17.7. The zero-order chi connectivity index (χ0) is 19.7. The van der Waals surface area contributed by atoms with Crippen molar-refractivity contribution < 1.29 is 19.1 Å². The predicted octanol–water partition coefficient (Wildman–Crippen LogP) is 6.21. The molecule has 4 nitrogen and oxygen atoms in total. The topological polar surface area (TPSA) is 52.6 Å². The minimum Gasteiger partial charge on any atom is -0.465 e. The molecule has 154 valence electrons. The van der Waals surface area contributed by atoms with Crippen LogP contribution in [0.4, 0.5) is 0 Å². The molecule has 0 heterocycles. The first-order chi connectivity index (χ1) is 12.6. The lowest BCUT2D eigenvalue weighted by molar-refractivity contribution is -0.173. The van der Waals surface area contributed by atoms with Crippen LogP contribution in [0.2, 0.25) is 0 Å². The maximum Gasteiger partial charge on any atom is 0.323 e. The molecule has 26 heavy (non-hydrogen) atoms. The Kier molecular flexibility index (Phi) is 15.5. The van der Waals surface area contributed by atoms with Gasteiger partial charge in [0.2, 0.25) is 0 Å². The van der Waals surface area contributed by atoms with Crippen molar-refractivity contribution in [3.05, 3.63) is 0 Å². The molecule has 4 heteroatoms. The predicted molar refractivity (Wildman–Crippen MR) is 107 cm³/mol. The van der Waals surface area contributed by atoms with Crippen LogP contribution >= 0.6 is 0 Å². The van der Waals surface area contributed by atoms with Gasteiger partial charge in [-0.25, -0.2) is 0 Å². The number of esters is 2. The van der Waals surface area contributed by atoms with Crippen molar-refractivity contribution in [1.82, 2.24) is 0 Å². The molecule has 0 fully saturated rings. The lowest BCUT2D eigenvalue weighted by atomic mass is 9.82. The van der Waals surface area contributed by atoms with E-state index in [-0.39, 0.29) is 0 Å². The fourth-order valence-corrected chi connectivity index (χ4v) is 3.10. The molecule has 0 aromatic carbocycles. The number of carbonyl (C=O) groups is 2. The summed E-state index contributed by atoms with van der Waals surface area (Å²) in [7, 11) is 0. The van der Waals surface area contributed by atoms with Crippen LogP contribution in [0.1, 0.15) is 111 Å². The summed E-state index contributed by atoms with van der Waals surface area (Å²) >= 11 is 0. The Hall–Kier alpha value is -1.06. The SMILES string of the molecule is CCCCCCCCCOC(=O)C(CC)(CC)C(=O)OCCCCCC. The molecule has 0 atom stereocenters. The number of hydrogen-bond acceptors (Lipinski definition) is 4. The van der Waals surface area contributed by atoms with Crippen molar-refractivity contribution in [2.75, 3.05) is 13.2 Å². The average molecular weight is 371 g/mol. The maximum absolute atomic E-state index is 12.6. The van der Waals surface area contributed by atoms with Crippen LogP contribution in [0.15, 0.2) is 0 Å². The molecule has 0 radical (unpaired) electrons. The van der Waals surface area contributed by atoms with E-state index >= 15 is 0 Å². The molecule has 0 aliphatic heterocycles. The van der Waals surface area contributed by atoms with Gasteiger partial charge in [0.05, 0.1) is 13.2 Å². The first kappa shape index (κ1) is 24.9. The second-order valence-electron chi connectivity index (χ2n) is 7.24. The van der Waals surface area contributed by atoms with Crippen LogP contribution in [0.3, 0.4) is 0 Å². The maximum atomic E-state index is 12.6. The Labute approximate surface area is 161 Å². The van der Waals surface area contributed by atoms with Gasteiger partial charge >= 0.3 is 11.9 Å². The molecule has 0 aromatic rings. The van der Waals surface area contributed by atoms with Crippen LogP contribution < -0.4 is 0 Å². The molecule has 0 aliphatic rings. The third-order valence-corrected chi connectivity index (χ3v) is 5.20. The first-order valence-electron chi connectivity index (χ1n) is 10.9. The van der Waals surface area contributed by atoms with Crippen molar-refractivity contribution in [2.45, 2.75) is 111 Å². The summed E-state index contributed by atoms with van der Waals surface area (Å²) in [5.74, 6) is -0.824. The third-order valence-electron chi connectivity index (χ3n) is 5.20. The van der Waals surface area contributed by atoms with E-state index in [4.69, 9.17) is 9.47 Å². The van der Waals surface area contributed by atoms with Crippen LogP contribution in [0.5, 0.6) is 0 Å². The first-order valence-corrected chi connectivity index (χ1v) is 10.9. The fourth-order valence-electron chi connectivity index (χ4n) is 3.10. The third kappa shape index (κ3) is 9.59. The van der Waals surface area contributed by atoms with Gasteiger partial charge in [-0.3, -0.25) is 9.59 Å². The number of ether oxygens (including phenoxy) is 2. The Morgan fingerprint density at radius 1 is 0.577 bits per heavy atom. The summed E-state index contributed by atoms with van der Waals surface area (Å²) in [5.41, 5.74) is -1.13. The highest BCUT2D eigenvalue weighted by atomic mass is 16.6. The molecular formula is C22H42O4. The number of unbranched alkanes of at least 4 members (excludes halogenated alkanes) is 9. The molecule has 0 unspecified atom stereocenters. The monoisotopic (exact) mass is 370 g/mol. The summed E-state index contributed by atoms with van der Waals surface area (Å²) < 4.78 is 10.8. The van der Waals surface area contributed by atoms with Crippen molar-refractivity contribution >= 4 is 11.9 Å².